The number of nitrogens with zero attached hydrogens (tertiary/aromatic N) is 4. The van der Waals surface area contributed by atoms with Crippen molar-refractivity contribution in [3.63, 3.8) is 0 Å². The molecule has 0 unspecified atom stereocenters. The number of aromatic nitrogens is 2. The smallest absolute Gasteiger partial charge is 0.193 e. The normalized spacial score (nSPS) is 14.7. The number of guanidine groups is 1. The van der Waals surface area contributed by atoms with Crippen LogP contribution < -0.4 is 5.32 Å². The molecule has 0 bridgehead atoms. The second-order valence-electron chi connectivity index (χ2n) is 5.55. The molecule has 23 heavy (non-hydrogen) atoms. The summed E-state index contributed by atoms with van der Waals surface area (Å²) in [7, 11) is 1.86. The maximum absolute atomic E-state index is 4.43. The lowest BCUT2D eigenvalue weighted by Gasteiger charge is -2.20. The van der Waals surface area contributed by atoms with Crippen molar-refractivity contribution in [3.05, 3.63) is 48.3 Å². The summed E-state index contributed by atoms with van der Waals surface area (Å²) in [5, 5.41) is 7.88. The zero-order valence-corrected chi connectivity index (χ0v) is 15.8. The Kier molecular flexibility index (Phi) is 6.88. The zero-order chi connectivity index (χ0) is 15.2. The van der Waals surface area contributed by atoms with Gasteiger partial charge >= 0.3 is 0 Å². The third-order valence-electron chi connectivity index (χ3n) is 3.97. The van der Waals surface area contributed by atoms with E-state index in [2.05, 4.69) is 38.6 Å². The number of benzene rings is 1. The number of para-hydroxylation sites is 1. The maximum Gasteiger partial charge on any atom is 0.193 e. The van der Waals surface area contributed by atoms with Crippen LogP contribution >= 0.6 is 24.0 Å². The second kappa shape index (κ2) is 8.90. The number of rotatable bonds is 4. The molecule has 0 saturated carbocycles. The Morgan fingerprint density at radius 1 is 1.22 bits per heavy atom. The molecule has 0 radical (unpaired) electrons. The number of likely N-dealkylation sites (tertiary alicyclic amines) is 1. The fraction of sp³-hybridized carbons (Fsp3) is 0.412. The predicted molar refractivity (Wildman–Crippen MR) is 105 cm³/mol. The monoisotopic (exact) mass is 425 g/mol. The van der Waals surface area contributed by atoms with Crippen LogP contribution in [0.3, 0.4) is 0 Å². The van der Waals surface area contributed by atoms with Crippen LogP contribution in [0.5, 0.6) is 0 Å². The molecule has 0 amide bonds. The number of hydrogen-bond donors (Lipinski definition) is 1. The van der Waals surface area contributed by atoms with Crippen LogP contribution in [0, 0.1) is 0 Å². The Hall–Kier alpha value is -1.57. The van der Waals surface area contributed by atoms with Crippen molar-refractivity contribution < 1.29 is 0 Å². The van der Waals surface area contributed by atoms with Gasteiger partial charge in [0, 0.05) is 32.9 Å². The Bertz CT molecular complexity index is 617. The third-order valence-corrected chi connectivity index (χ3v) is 3.97. The lowest BCUT2D eigenvalue weighted by molar-refractivity contribution is 0.494. The standard InChI is InChI=1S/C17H23N5.HI/c1-18-17(21-11-5-6-12-21)19-10-9-15-13-20-22(14-15)16-7-3-2-4-8-16;/h2-4,7-8,13-14H,5-6,9-12H2,1H3,(H,18,19);1H. The molecule has 1 N–H and O–H groups in total. The molecule has 1 saturated heterocycles. The Balaban J connectivity index is 0.00000192. The summed E-state index contributed by atoms with van der Waals surface area (Å²) in [6.45, 7) is 3.11. The Morgan fingerprint density at radius 2 is 1.96 bits per heavy atom. The van der Waals surface area contributed by atoms with E-state index in [1.54, 1.807) is 0 Å². The molecule has 0 aliphatic carbocycles. The van der Waals surface area contributed by atoms with Gasteiger partial charge in [-0.1, -0.05) is 18.2 Å². The van der Waals surface area contributed by atoms with E-state index in [0.29, 0.717) is 0 Å². The summed E-state index contributed by atoms with van der Waals surface area (Å²) < 4.78 is 1.92. The van der Waals surface area contributed by atoms with E-state index in [4.69, 9.17) is 0 Å². The lowest BCUT2D eigenvalue weighted by Crippen LogP contribution is -2.40. The van der Waals surface area contributed by atoms with E-state index in [9.17, 15) is 0 Å². The zero-order valence-electron chi connectivity index (χ0n) is 13.5. The van der Waals surface area contributed by atoms with Gasteiger partial charge in [0.15, 0.2) is 5.96 Å². The van der Waals surface area contributed by atoms with Gasteiger partial charge in [-0.2, -0.15) is 5.10 Å². The Labute approximate surface area is 154 Å². The summed E-state index contributed by atoms with van der Waals surface area (Å²) in [4.78, 5) is 6.69. The van der Waals surface area contributed by atoms with Crippen LogP contribution in [0.4, 0.5) is 0 Å². The number of halogens is 1. The quantitative estimate of drug-likeness (QED) is 0.466. The van der Waals surface area contributed by atoms with Crippen molar-refractivity contribution in [3.8, 4) is 5.69 Å². The topological polar surface area (TPSA) is 45.5 Å². The highest BCUT2D eigenvalue weighted by Gasteiger charge is 2.15. The highest BCUT2D eigenvalue weighted by molar-refractivity contribution is 14.0. The van der Waals surface area contributed by atoms with Gasteiger partial charge in [0.2, 0.25) is 0 Å². The van der Waals surface area contributed by atoms with Crippen LogP contribution in [-0.4, -0.2) is 47.3 Å². The maximum atomic E-state index is 4.43. The summed E-state index contributed by atoms with van der Waals surface area (Å²) in [5.74, 6) is 1.02. The van der Waals surface area contributed by atoms with Crippen molar-refractivity contribution in [1.29, 1.82) is 0 Å². The van der Waals surface area contributed by atoms with Gasteiger partial charge in [-0.25, -0.2) is 4.68 Å². The van der Waals surface area contributed by atoms with Crippen molar-refractivity contribution >= 4 is 29.9 Å². The minimum atomic E-state index is 0. The first-order valence-electron chi connectivity index (χ1n) is 7.91. The molecule has 1 fully saturated rings. The first-order chi connectivity index (χ1) is 10.9. The molecule has 1 aliphatic rings. The van der Waals surface area contributed by atoms with Gasteiger partial charge in [0.25, 0.3) is 0 Å². The minimum absolute atomic E-state index is 0. The van der Waals surface area contributed by atoms with Crippen LogP contribution in [0.1, 0.15) is 18.4 Å². The highest BCUT2D eigenvalue weighted by atomic mass is 127. The Morgan fingerprint density at radius 3 is 2.65 bits per heavy atom. The van der Waals surface area contributed by atoms with Gasteiger partial charge < -0.3 is 10.2 Å². The molecule has 1 aliphatic heterocycles. The predicted octanol–water partition coefficient (Wildman–Crippen LogP) is 2.70. The van der Waals surface area contributed by atoms with Crippen LogP contribution in [0.2, 0.25) is 0 Å². The molecule has 0 spiro atoms. The summed E-state index contributed by atoms with van der Waals surface area (Å²) in [6, 6.07) is 10.2. The molecule has 124 valence electrons. The van der Waals surface area contributed by atoms with Gasteiger partial charge in [-0.05, 0) is 37.0 Å². The molecule has 6 heteroatoms. The lowest BCUT2D eigenvalue weighted by atomic mass is 10.2. The SMILES string of the molecule is CN=C(NCCc1cnn(-c2ccccc2)c1)N1CCCC1.I. The van der Waals surface area contributed by atoms with E-state index in [1.165, 1.54) is 18.4 Å². The van der Waals surface area contributed by atoms with Crippen molar-refractivity contribution in [2.24, 2.45) is 4.99 Å². The van der Waals surface area contributed by atoms with Gasteiger partial charge in [-0.15, -0.1) is 24.0 Å². The fourth-order valence-corrected chi connectivity index (χ4v) is 2.79. The van der Waals surface area contributed by atoms with Crippen LogP contribution in [-0.2, 0) is 6.42 Å². The van der Waals surface area contributed by atoms with E-state index < -0.39 is 0 Å². The second-order valence-corrected chi connectivity index (χ2v) is 5.55. The molecule has 2 heterocycles. The highest BCUT2D eigenvalue weighted by Crippen LogP contribution is 2.09. The molecule has 3 rings (SSSR count). The van der Waals surface area contributed by atoms with E-state index in [-0.39, 0.29) is 24.0 Å². The molecule has 1 aromatic heterocycles. The number of nitrogens with one attached hydrogen (secondary N) is 1. The molecule has 1 aromatic carbocycles. The first-order valence-corrected chi connectivity index (χ1v) is 7.91. The average Bonchev–Trinajstić information content (AvgIpc) is 3.24. The van der Waals surface area contributed by atoms with Crippen LogP contribution in [0.15, 0.2) is 47.7 Å². The third kappa shape index (κ3) is 4.70. The van der Waals surface area contributed by atoms with Crippen molar-refractivity contribution in [2.45, 2.75) is 19.3 Å². The van der Waals surface area contributed by atoms with Crippen molar-refractivity contribution in [2.75, 3.05) is 26.7 Å². The summed E-state index contributed by atoms with van der Waals surface area (Å²) in [6.07, 6.45) is 7.51. The van der Waals surface area contributed by atoms with E-state index in [0.717, 1.165) is 37.7 Å². The van der Waals surface area contributed by atoms with Gasteiger partial charge in [0.05, 0.1) is 11.9 Å². The molecular formula is C17H24IN5. The van der Waals surface area contributed by atoms with E-state index >= 15 is 0 Å². The molecular weight excluding hydrogens is 401 g/mol. The number of aliphatic imine (C=N–C) groups is 1. The average molecular weight is 425 g/mol. The summed E-state index contributed by atoms with van der Waals surface area (Å²) in [5.41, 5.74) is 2.32. The number of hydrogen-bond acceptors (Lipinski definition) is 2. The van der Waals surface area contributed by atoms with Gasteiger partial charge in [-0.3, -0.25) is 4.99 Å². The summed E-state index contributed by atoms with van der Waals surface area (Å²) >= 11 is 0. The minimum Gasteiger partial charge on any atom is -0.356 e. The van der Waals surface area contributed by atoms with Crippen LogP contribution in [0.25, 0.3) is 5.69 Å². The first kappa shape index (κ1) is 17.8. The largest absolute Gasteiger partial charge is 0.356 e. The molecule has 2 aromatic rings. The van der Waals surface area contributed by atoms with Crippen molar-refractivity contribution in [1.82, 2.24) is 20.0 Å². The van der Waals surface area contributed by atoms with Gasteiger partial charge in [0.1, 0.15) is 0 Å². The van der Waals surface area contributed by atoms with E-state index in [1.807, 2.05) is 36.1 Å². The molecule has 5 nitrogen and oxygen atoms in total. The molecule has 0 atom stereocenters. The fourth-order valence-electron chi connectivity index (χ4n) is 2.79.